The molecule has 0 aliphatic carbocycles. The highest BCUT2D eigenvalue weighted by Crippen LogP contribution is 2.04. The number of allylic oxidation sites excluding steroid dienone is 3. The van der Waals surface area contributed by atoms with Crippen molar-refractivity contribution in [3.63, 3.8) is 0 Å². The molecule has 0 bridgehead atoms. The summed E-state index contributed by atoms with van der Waals surface area (Å²) < 4.78 is 0. The van der Waals surface area contributed by atoms with Gasteiger partial charge in [0.05, 0.1) is 12.2 Å². The number of nitrogens with two attached hydrogens (primary N) is 1. The topological polar surface area (TPSA) is 83.6 Å². The number of aliphatic hydroxyl groups excluding tert-OH is 2. The molecule has 0 aliphatic rings. The number of hydrogen-bond donors (Lipinski definition) is 3. The van der Waals surface area contributed by atoms with Crippen LogP contribution in [0.25, 0.3) is 0 Å². The lowest BCUT2D eigenvalue weighted by molar-refractivity contribution is -0.118. The van der Waals surface area contributed by atoms with Gasteiger partial charge in [0.1, 0.15) is 0 Å². The van der Waals surface area contributed by atoms with E-state index in [1.54, 1.807) is 0 Å². The number of carbonyl (C=O) groups is 1. The molecule has 0 saturated heterocycles. The number of carbonyl (C=O) groups excluding carboxylic acids is 1. The summed E-state index contributed by atoms with van der Waals surface area (Å²) in [7, 11) is 0. The van der Waals surface area contributed by atoms with Crippen molar-refractivity contribution in [2.75, 3.05) is 0 Å². The van der Waals surface area contributed by atoms with E-state index in [1.165, 1.54) is 0 Å². The third-order valence-electron chi connectivity index (χ3n) is 2.64. The number of rotatable bonds is 10. The normalized spacial score (nSPS) is 15.3. The van der Waals surface area contributed by atoms with Gasteiger partial charge in [0.15, 0.2) is 0 Å². The molecule has 0 fully saturated rings. The van der Waals surface area contributed by atoms with E-state index in [-0.39, 0.29) is 5.91 Å². The van der Waals surface area contributed by atoms with Gasteiger partial charge in [-0.05, 0) is 32.1 Å². The molecular weight excluding hydrogens is 230 g/mol. The summed E-state index contributed by atoms with van der Waals surface area (Å²) >= 11 is 0. The molecule has 0 heterocycles. The van der Waals surface area contributed by atoms with E-state index in [9.17, 15) is 15.0 Å². The first-order valence-electron chi connectivity index (χ1n) is 6.52. The van der Waals surface area contributed by atoms with Gasteiger partial charge >= 0.3 is 0 Å². The maximum Gasteiger partial charge on any atom is 0.217 e. The van der Waals surface area contributed by atoms with Gasteiger partial charge in [0.2, 0.25) is 5.91 Å². The van der Waals surface area contributed by atoms with Gasteiger partial charge in [0.25, 0.3) is 0 Å². The molecule has 0 aromatic carbocycles. The first-order chi connectivity index (χ1) is 8.57. The van der Waals surface area contributed by atoms with Gasteiger partial charge in [-0.15, -0.1) is 0 Å². The largest absolute Gasteiger partial charge is 0.390 e. The molecule has 0 radical (unpaired) electrons. The van der Waals surface area contributed by atoms with Crippen LogP contribution in [0, 0.1) is 0 Å². The Balaban J connectivity index is 3.53. The van der Waals surface area contributed by atoms with Crippen molar-refractivity contribution < 1.29 is 15.0 Å². The molecule has 0 aliphatic heterocycles. The molecule has 0 aromatic rings. The van der Waals surface area contributed by atoms with Crippen molar-refractivity contribution in [1.29, 1.82) is 0 Å². The lowest BCUT2D eigenvalue weighted by atomic mass is 10.1. The summed E-state index contributed by atoms with van der Waals surface area (Å²) in [5.41, 5.74) is 5.02. The van der Waals surface area contributed by atoms with E-state index in [1.807, 2.05) is 31.2 Å². The molecule has 2 unspecified atom stereocenters. The third-order valence-corrected chi connectivity index (χ3v) is 2.64. The van der Waals surface area contributed by atoms with E-state index in [0.29, 0.717) is 19.3 Å². The van der Waals surface area contributed by atoms with Gasteiger partial charge in [-0.3, -0.25) is 4.79 Å². The molecule has 4 nitrogen and oxygen atoms in total. The Morgan fingerprint density at radius 2 is 1.83 bits per heavy atom. The van der Waals surface area contributed by atoms with Crippen LogP contribution in [0.2, 0.25) is 0 Å². The summed E-state index contributed by atoms with van der Waals surface area (Å²) in [6, 6.07) is 0. The van der Waals surface area contributed by atoms with Crippen molar-refractivity contribution >= 4 is 5.91 Å². The zero-order valence-electron chi connectivity index (χ0n) is 11.1. The zero-order valence-corrected chi connectivity index (χ0v) is 11.1. The summed E-state index contributed by atoms with van der Waals surface area (Å²) in [6.07, 6.45) is 10.5. The number of primary amides is 1. The Morgan fingerprint density at radius 1 is 1.17 bits per heavy atom. The van der Waals surface area contributed by atoms with Gasteiger partial charge in [-0.25, -0.2) is 0 Å². The quantitative estimate of drug-likeness (QED) is 0.410. The molecule has 4 N–H and O–H groups in total. The molecule has 1 amide bonds. The number of aliphatic hydroxyl groups is 2. The highest BCUT2D eigenvalue weighted by molar-refractivity contribution is 5.73. The van der Waals surface area contributed by atoms with E-state index in [2.05, 4.69) is 0 Å². The van der Waals surface area contributed by atoms with Crippen molar-refractivity contribution in [3.05, 3.63) is 24.3 Å². The Hall–Kier alpha value is -1.13. The monoisotopic (exact) mass is 255 g/mol. The summed E-state index contributed by atoms with van der Waals surface area (Å²) in [4.78, 5) is 10.5. The van der Waals surface area contributed by atoms with Crippen LogP contribution in [0.1, 0.15) is 45.4 Å². The fourth-order valence-corrected chi connectivity index (χ4v) is 1.45. The van der Waals surface area contributed by atoms with Crippen molar-refractivity contribution in [1.82, 2.24) is 0 Å². The number of unbranched alkanes of at least 4 members (excludes halogenated alkanes) is 1. The number of amides is 1. The van der Waals surface area contributed by atoms with Gasteiger partial charge in [-0.2, -0.15) is 0 Å². The molecule has 2 atom stereocenters. The molecule has 0 saturated carbocycles. The Morgan fingerprint density at radius 3 is 2.44 bits per heavy atom. The van der Waals surface area contributed by atoms with Gasteiger partial charge in [-0.1, -0.05) is 31.2 Å². The summed E-state index contributed by atoms with van der Waals surface area (Å²) in [5, 5.41) is 18.8. The highest BCUT2D eigenvalue weighted by Gasteiger charge is 2.11. The molecule has 0 rings (SSSR count). The fourth-order valence-electron chi connectivity index (χ4n) is 1.45. The maximum absolute atomic E-state index is 10.5. The SMILES string of the molecule is CCC(O)C(O)C/C=C\C/C=C\CCCC(N)=O. The van der Waals surface area contributed by atoms with Crippen LogP contribution < -0.4 is 5.73 Å². The highest BCUT2D eigenvalue weighted by atomic mass is 16.3. The minimum atomic E-state index is -0.675. The Kier molecular flexibility index (Phi) is 10.3. The molecule has 104 valence electrons. The summed E-state index contributed by atoms with van der Waals surface area (Å²) in [6.45, 7) is 1.84. The summed E-state index contributed by atoms with van der Waals surface area (Å²) in [5.74, 6) is -0.258. The maximum atomic E-state index is 10.5. The van der Waals surface area contributed by atoms with Crippen LogP contribution in [0.3, 0.4) is 0 Å². The average molecular weight is 255 g/mol. The van der Waals surface area contributed by atoms with Crippen LogP contribution >= 0.6 is 0 Å². The average Bonchev–Trinajstić information content (AvgIpc) is 2.35. The zero-order chi connectivity index (χ0) is 13.8. The second-order valence-corrected chi connectivity index (χ2v) is 4.32. The smallest absolute Gasteiger partial charge is 0.217 e. The third kappa shape index (κ3) is 10.1. The predicted molar refractivity (Wildman–Crippen MR) is 72.9 cm³/mol. The van der Waals surface area contributed by atoms with E-state index in [4.69, 9.17) is 5.73 Å². The number of hydrogen-bond acceptors (Lipinski definition) is 3. The second-order valence-electron chi connectivity index (χ2n) is 4.32. The van der Waals surface area contributed by atoms with Crippen molar-refractivity contribution in [2.45, 2.75) is 57.7 Å². The fraction of sp³-hybridized carbons (Fsp3) is 0.643. The van der Waals surface area contributed by atoms with Crippen LogP contribution in [-0.4, -0.2) is 28.3 Å². The molecule has 0 spiro atoms. The van der Waals surface area contributed by atoms with Crippen LogP contribution in [0.15, 0.2) is 24.3 Å². The standard InChI is InChI=1S/C14H25NO3/c1-2-12(16)13(17)10-8-6-4-3-5-7-9-11-14(15)18/h3,5-6,8,12-13,16-17H,2,4,7,9-11H2,1H3,(H2,15,18)/b5-3-,8-6-. The van der Waals surface area contributed by atoms with E-state index in [0.717, 1.165) is 19.3 Å². The first-order valence-corrected chi connectivity index (χ1v) is 6.52. The van der Waals surface area contributed by atoms with Gasteiger partial charge < -0.3 is 15.9 Å². The second kappa shape index (κ2) is 11.0. The molecule has 0 aromatic heterocycles. The Bertz CT molecular complexity index is 274. The minimum absolute atomic E-state index is 0.258. The lowest BCUT2D eigenvalue weighted by Crippen LogP contribution is -2.23. The van der Waals surface area contributed by atoms with Crippen molar-refractivity contribution in [2.24, 2.45) is 5.73 Å². The predicted octanol–water partition coefficient (Wildman–Crippen LogP) is 1.67. The lowest BCUT2D eigenvalue weighted by Gasteiger charge is -2.13. The Labute approximate surface area is 109 Å². The van der Waals surface area contributed by atoms with Crippen molar-refractivity contribution in [3.8, 4) is 0 Å². The van der Waals surface area contributed by atoms with E-state index >= 15 is 0 Å². The molecule has 18 heavy (non-hydrogen) atoms. The van der Waals surface area contributed by atoms with Crippen LogP contribution in [0.4, 0.5) is 0 Å². The minimum Gasteiger partial charge on any atom is -0.390 e. The van der Waals surface area contributed by atoms with Crippen LogP contribution in [-0.2, 0) is 4.79 Å². The molecule has 4 heteroatoms. The van der Waals surface area contributed by atoms with E-state index < -0.39 is 12.2 Å². The first kappa shape index (κ1) is 16.9. The van der Waals surface area contributed by atoms with Crippen LogP contribution in [0.5, 0.6) is 0 Å². The molecular formula is C14H25NO3. The van der Waals surface area contributed by atoms with Gasteiger partial charge in [0, 0.05) is 6.42 Å².